The van der Waals surface area contributed by atoms with Gasteiger partial charge >= 0.3 is 5.97 Å². The van der Waals surface area contributed by atoms with Gasteiger partial charge in [0.1, 0.15) is 23.2 Å². The van der Waals surface area contributed by atoms with Crippen LogP contribution in [0.1, 0.15) is 11.6 Å². The third-order valence-electron chi connectivity index (χ3n) is 3.86. The molecule has 126 valence electrons. The number of amides is 2. The minimum absolute atomic E-state index is 0.114. The van der Waals surface area contributed by atoms with Crippen molar-refractivity contribution >= 4 is 41.1 Å². The van der Waals surface area contributed by atoms with Crippen molar-refractivity contribution in [1.82, 2.24) is 10.2 Å². The zero-order chi connectivity index (χ0) is 17.4. The van der Waals surface area contributed by atoms with Crippen LogP contribution in [0.2, 0.25) is 0 Å². The summed E-state index contributed by atoms with van der Waals surface area (Å²) in [6, 6.07) is 7.07. The Balaban J connectivity index is 1.71. The van der Waals surface area contributed by atoms with Crippen molar-refractivity contribution in [2.75, 3.05) is 5.75 Å². The molecule has 2 heterocycles. The summed E-state index contributed by atoms with van der Waals surface area (Å²) in [6.45, 7) is 0. The number of halogens is 1. The van der Waals surface area contributed by atoms with E-state index < -0.39 is 35.2 Å². The van der Waals surface area contributed by atoms with Gasteiger partial charge in [0.25, 0.3) is 5.91 Å². The number of benzene rings is 1. The number of thioether (sulfide) groups is 1. The van der Waals surface area contributed by atoms with E-state index in [1.807, 2.05) is 6.07 Å². The van der Waals surface area contributed by atoms with E-state index in [1.54, 1.807) is 24.3 Å². The molecule has 1 saturated heterocycles. The SMILES string of the molecule is N[C@@H](C(=O)NC1C(=O)N2C(C(=O)O)=C(Cl)CS[C@H]12)c1ccccc1. The first-order valence-corrected chi connectivity index (χ1v) is 8.52. The maximum atomic E-state index is 12.3. The molecule has 2 amide bonds. The molecule has 2 aliphatic rings. The largest absolute Gasteiger partial charge is 0.477 e. The van der Waals surface area contributed by atoms with Crippen molar-refractivity contribution in [3.05, 3.63) is 46.6 Å². The molecule has 1 unspecified atom stereocenters. The molecule has 1 aromatic rings. The molecule has 1 aromatic carbocycles. The summed E-state index contributed by atoms with van der Waals surface area (Å²) in [6.07, 6.45) is 0. The van der Waals surface area contributed by atoms with Crippen LogP contribution < -0.4 is 11.1 Å². The molecule has 0 saturated carbocycles. The number of aliphatic carboxylic acids is 1. The molecule has 0 bridgehead atoms. The van der Waals surface area contributed by atoms with Crippen molar-refractivity contribution in [1.29, 1.82) is 0 Å². The van der Waals surface area contributed by atoms with Crippen LogP contribution in [-0.2, 0) is 14.4 Å². The number of rotatable bonds is 4. The number of hydrogen-bond acceptors (Lipinski definition) is 5. The highest BCUT2D eigenvalue weighted by molar-refractivity contribution is 8.00. The van der Waals surface area contributed by atoms with Gasteiger partial charge in [0, 0.05) is 5.75 Å². The van der Waals surface area contributed by atoms with Gasteiger partial charge in [-0.25, -0.2) is 4.79 Å². The predicted octanol–water partition coefficient (Wildman–Crippen LogP) is 0.621. The Kier molecular flexibility index (Phi) is 4.53. The van der Waals surface area contributed by atoms with Gasteiger partial charge in [0.15, 0.2) is 0 Å². The number of fused-ring (bicyclic) bond motifs is 1. The van der Waals surface area contributed by atoms with E-state index in [1.165, 1.54) is 11.8 Å². The van der Waals surface area contributed by atoms with Crippen LogP contribution in [0.25, 0.3) is 0 Å². The lowest BCUT2D eigenvalue weighted by molar-refractivity contribution is -0.150. The van der Waals surface area contributed by atoms with Gasteiger partial charge in [-0.15, -0.1) is 11.8 Å². The quantitative estimate of drug-likeness (QED) is 0.672. The molecule has 0 aromatic heterocycles. The van der Waals surface area contributed by atoms with E-state index in [2.05, 4.69) is 5.32 Å². The molecule has 0 spiro atoms. The number of nitrogens with zero attached hydrogens (tertiary/aromatic N) is 1. The Morgan fingerprint density at radius 3 is 2.67 bits per heavy atom. The van der Waals surface area contributed by atoms with Gasteiger partial charge in [-0.2, -0.15) is 0 Å². The lowest BCUT2D eigenvalue weighted by atomic mass is 10.0. The summed E-state index contributed by atoms with van der Waals surface area (Å²) in [5, 5.41) is 11.4. The van der Waals surface area contributed by atoms with Crippen molar-refractivity contribution < 1.29 is 19.5 Å². The van der Waals surface area contributed by atoms with E-state index >= 15 is 0 Å². The first-order valence-electron chi connectivity index (χ1n) is 7.09. The third-order valence-corrected chi connectivity index (χ3v) is 5.61. The van der Waals surface area contributed by atoms with Gasteiger partial charge in [0.05, 0.1) is 5.03 Å². The Hall–Kier alpha value is -2.03. The summed E-state index contributed by atoms with van der Waals surface area (Å²) in [5.41, 5.74) is 6.32. The molecule has 4 N–H and O–H groups in total. The number of carboxylic acids is 1. The minimum Gasteiger partial charge on any atom is -0.477 e. The highest BCUT2D eigenvalue weighted by atomic mass is 35.5. The first-order chi connectivity index (χ1) is 11.4. The van der Waals surface area contributed by atoms with E-state index in [9.17, 15) is 19.5 Å². The fourth-order valence-corrected chi connectivity index (χ4v) is 4.19. The number of hydrogen-bond donors (Lipinski definition) is 3. The Morgan fingerprint density at radius 2 is 2.04 bits per heavy atom. The maximum absolute atomic E-state index is 12.3. The second-order valence-electron chi connectivity index (χ2n) is 5.34. The Labute approximate surface area is 146 Å². The van der Waals surface area contributed by atoms with Gasteiger partial charge in [-0.05, 0) is 5.56 Å². The fraction of sp³-hybridized carbons (Fsp3) is 0.267. The molecular weight excluding hydrogens is 354 g/mol. The summed E-state index contributed by atoms with van der Waals surface area (Å²) in [5.74, 6) is -1.98. The molecule has 7 nitrogen and oxygen atoms in total. The van der Waals surface area contributed by atoms with Gasteiger partial charge in [-0.3, -0.25) is 14.5 Å². The first kappa shape index (κ1) is 16.8. The van der Waals surface area contributed by atoms with Gasteiger partial charge in [0.2, 0.25) is 5.91 Å². The monoisotopic (exact) mass is 367 g/mol. The summed E-state index contributed by atoms with van der Waals surface area (Å²) >= 11 is 7.20. The highest BCUT2D eigenvalue weighted by Crippen LogP contribution is 2.41. The number of carbonyl (C=O) groups is 3. The number of carboxylic acid groups (broad SMARTS) is 1. The second kappa shape index (κ2) is 6.46. The van der Waals surface area contributed by atoms with Gasteiger partial charge in [-0.1, -0.05) is 41.9 Å². The second-order valence-corrected chi connectivity index (χ2v) is 6.90. The van der Waals surface area contributed by atoms with Crippen LogP contribution in [0.3, 0.4) is 0 Å². The smallest absolute Gasteiger partial charge is 0.353 e. The average molecular weight is 368 g/mol. The average Bonchev–Trinajstić information content (AvgIpc) is 2.59. The molecule has 0 radical (unpaired) electrons. The summed E-state index contributed by atoms with van der Waals surface area (Å²) < 4.78 is 0. The van der Waals surface area contributed by atoms with Crippen molar-refractivity contribution in [3.8, 4) is 0 Å². The van der Waals surface area contributed by atoms with E-state index in [0.29, 0.717) is 5.56 Å². The molecule has 24 heavy (non-hydrogen) atoms. The van der Waals surface area contributed by atoms with E-state index in [4.69, 9.17) is 17.3 Å². The zero-order valence-electron chi connectivity index (χ0n) is 12.3. The van der Waals surface area contributed by atoms with E-state index in [-0.39, 0.29) is 16.5 Å². The topological polar surface area (TPSA) is 113 Å². The molecule has 0 aliphatic carbocycles. The van der Waals surface area contributed by atoms with Gasteiger partial charge < -0.3 is 16.2 Å². The molecular formula is C15H14ClN3O4S. The van der Waals surface area contributed by atoms with Crippen LogP contribution in [0.5, 0.6) is 0 Å². The Bertz CT molecular complexity index is 739. The highest BCUT2D eigenvalue weighted by Gasteiger charge is 2.54. The normalized spacial score (nSPS) is 24.1. The van der Waals surface area contributed by atoms with Crippen molar-refractivity contribution in [2.45, 2.75) is 17.5 Å². The van der Waals surface area contributed by atoms with Crippen LogP contribution in [-0.4, -0.2) is 45.0 Å². The van der Waals surface area contributed by atoms with Crippen LogP contribution in [0.15, 0.2) is 41.1 Å². The zero-order valence-corrected chi connectivity index (χ0v) is 13.9. The van der Waals surface area contributed by atoms with Crippen molar-refractivity contribution in [3.63, 3.8) is 0 Å². The van der Waals surface area contributed by atoms with Crippen molar-refractivity contribution in [2.24, 2.45) is 5.73 Å². The van der Waals surface area contributed by atoms with Crippen LogP contribution in [0, 0.1) is 0 Å². The number of carbonyl (C=O) groups excluding carboxylic acids is 2. The maximum Gasteiger partial charge on any atom is 0.353 e. The summed E-state index contributed by atoms with van der Waals surface area (Å²) in [7, 11) is 0. The third kappa shape index (κ3) is 2.77. The van der Waals surface area contributed by atoms with Crippen LogP contribution >= 0.6 is 23.4 Å². The van der Waals surface area contributed by atoms with E-state index in [0.717, 1.165) is 4.90 Å². The molecule has 2 aliphatic heterocycles. The lowest BCUT2D eigenvalue weighted by Crippen LogP contribution is -2.70. The number of nitrogens with two attached hydrogens (primary N) is 1. The predicted molar refractivity (Wildman–Crippen MR) is 88.9 cm³/mol. The lowest BCUT2D eigenvalue weighted by Gasteiger charge is -2.48. The fourth-order valence-electron chi connectivity index (χ4n) is 2.64. The number of β-lactam (4-membered cyclic amide) rings is 1. The molecule has 9 heteroatoms. The molecule has 3 rings (SSSR count). The molecule has 3 atom stereocenters. The number of nitrogens with one attached hydrogen (secondary N) is 1. The Morgan fingerprint density at radius 1 is 1.38 bits per heavy atom. The minimum atomic E-state index is -1.26. The standard InChI is InChI=1S/C15H14ClN3O4S/c16-8-6-24-14-10(13(21)19(14)11(8)15(22)23)18-12(20)9(17)7-4-2-1-3-5-7/h1-5,9-10,14H,6,17H2,(H,18,20)(H,22,23)/t9-,10?,14-/m1/s1. The summed E-state index contributed by atoms with van der Waals surface area (Å²) in [4.78, 5) is 36.9. The molecule has 1 fully saturated rings. The van der Waals surface area contributed by atoms with Crippen LogP contribution in [0.4, 0.5) is 0 Å².